The highest BCUT2D eigenvalue weighted by atomic mass is 35.5. The normalized spacial score (nSPS) is 15.4. The van der Waals surface area contributed by atoms with Gasteiger partial charge in [-0.1, -0.05) is 65.7 Å². The van der Waals surface area contributed by atoms with Crippen LogP contribution in [0, 0.1) is 0 Å². The van der Waals surface area contributed by atoms with E-state index in [-0.39, 0.29) is 5.91 Å². The van der Waals surface area contributed by atoms with E-state index in [2.05, 4.69) is 4.57 Å². The molecule has 36 heavy (non-hydrogen) atoms. The summed E-state index contributed by atoms with van der Waals surface area (Å²) in [6.45, 7) is 1.15. The summed E-state index contributed by atoms with van der Waals surface area (Å²) in [7, 11) is 2.05. The Morgan fingerprint density at radius 1 is 0.944 bits per heavy atom. The van der Waals surface area contributed by atoms with Crippen molar-refractivity contribution in [2.45, 2.75) is 37.7 Å². The summed E-state index contributed by atoms with van der Waals surface area (Å²) >= 11 is 12.5. The van der Waals surface area contributed by atoms with Gasteiger partial charge in [0.25, 0.3) is 0 Å². The first-order valence-electron chi connectivity index (χ1n) is 12.4. The molecule has 0 atom stereocenters. The van der Waals surface area contributed by atoms with Crippen LogP contribution in [-0.2, 0) is 24.7 Å². The lowest BCUT2D eigenvalue weighted by Gasteiger charge is -2.38. The Bertz CT molecular complexity index is 1370. The summed E-state index contributed by atoms with van der Waals surface area (Å²) in [5.74, 6) is 0.123. The maximum atomic E-state index is 13.2. The van der Waals surface area contributed by atoms with Crippen molar-refractivity contribution < 1.29 is 9.90 Å². The second kappa shape index (κ2) is 10.3. The highest BCUT2D eigenvalue weighted by molar-refractivity contribution is 6.31. The number of aliphatic hydroxyl groups is 1. The predicted molar refractivity (Wildman–Crippen MR) is 148 cm³/mol. The molecule has 4 aromatic rings. The number of benzene rings is 3. The number of halogens is 2. The molecule has 186 valence electrons. The molecule has 1 saturated heterocycles. The molecule has 0 saturated carbocycles. The van der Waals surface area contributed by atoms with Crippen molar-refractivity contribution in [1.29, 1.82) is 0 Å². The number of carbonyl (C=O) groups excluding carboxylic acids is 1. The van der Waals surface area contributed by atoms with Gasteiger partial charge in [-0.15, -0.1) is 0 Å². The molecule has 1 N–H and O–H groups in total. The summed E-state index contributed by atoms with van der Waals surface area (Å²) < 4.78 is 2.17. The van der Waals surface area contributed by atoms with Crippen molar-refractivity contribution in [2.24, 2.45) is 7.05 Å². The van der Waals surface area contributed by atoms with E-state index >= 15 is 0 Å². The second-order valence-corrected chi connectivity index (χ2v) is 10.7. The fourth-order valence-electron chi connectivity index (χ4n) is 5.44. The fourth-order valence-corrected chi connectivity index (χ4v) is 5.73. The standard InChI is InChI=1S/C30H30Cl2N2O2/c1-33-27-13-11-24(32)19-26(27)25(29(33)22-7-9-23(31)10-8-22)12-14-28(35)34-17-15-30(36,16-18-34)20-21-5-3-2-4-6-21/h2-11,13,19,36H,12,14-18,20H2,1H3. The number of hydrogen-bond acceptors (Lipinski definition) is 2. The first kappa shape index (κ1) is 24.9. The molecule has 6 heteroatoms. The van der Waals surface area contributed by atoms with Crippen LogP contribution < -0.4 is 0 Å². The van der Waals surface area contributed by atoms with E-state index in [1.807, 2.05) is 84.7 Å². The molecule has 0 radical (unpaired) electrons. The van der Waals surface area contributed by atoms with Gasteiger partial charge in [0, 0.05) is 53.9 Å². The van der Waals surface area contributed by atoms with Gasteiger partial charge in [0.1, 0.15) is 0 Å². The van der Waals surface area contributed by atoms with E-state index in [9.17, 15) is 9.90 Å². The van der Waals surface area contributed by atoms with Gasteiger partial charge in [-0.2, -0.15) is 0 Å². The van der Waals surface area contributed by atoms with Crippen molar-refractivity contribution in [1.82, 2.24) is 9.47 Å². The number of aromatic nitrogens is 1. The summed E-state index contributed by atoms with van der Waals surface area (Å²) in [5, 5.41) is 13.5. The molecular formula is C30H30Cl2N2O2. The number of rotatable bonds is 6. The Balaban J connectivity index is 1.32. The third-order valence-electron chi connectivity index (χ3n) is 7.40. The van der Waals surface area contributed by atoms with Crippen molar-refractivity contribution in [3.8, 4) is 11.3 Å². The molecule has 0 aliphatic carbocycles. The number of aryl methyl sites for hydroxylation is 2. The van der Waals surface area contributed by atoms with Gasteiger partial charge in [-0.3, -0.25) is 4.79 Å². The van der Waals surface area contributed by atoms with Crippen LogP contribution in [0.4, 0.5) is 0 Å². The van der Waals surface area contributed by atoms with Gasteiger partial charge >= 0.3 is 0 Å². The molecule has 4 nitrogen and oxygen atoms in total. The highest BCUT2D eigenvalue weighted by Crippen LogP contribution is 2.36. The number of carbonyl (C=O) groups is 1. The lowest BCUT2D eigenvalue weighted by molar-refractivity contribution is -0.135. The average molecular weight is 521 g/mol. The first-order valence-corrected chi connectivity index (χ1v) is 13.2. The van der Waals surface area contributed by atoms with E-state index < -0.39 is 5.60 Å². The zero-order chi connectivity index (χ0) is 25.3. The maximum Gasteiger partial charge on any atom is 0.222 e. The molecular weight excluding hydrogens is 491 g/mol. The lowest BCUT2D eigenvalue weighted by atomic mass is 9.85. The molecule has 5 rings (SSSR count). The molecule has 2 heterocycles. The highest BCUT2D eigenvalue weighted by Gasteiger charge is 2.34. The SMILES string of the molecule is Cn1c(-c2ccc(Cl)cc2)c(CCC(=O)N2CCC(O)(Cc3ccccc3)CC2)c2cc(Cl)ccc21. The molecule has 0 spiro atoms. The summed E-state index contributed by atoms with van der Waals surface area (Å²) in [6.07, 6.45) is 2.82. The van der Waals surface area contributed by atoms with Crippen LogP contribution in [0.2, 0.25) is 10.0 Å². The summed E-state index contributed by atoms with van der Waals surface area (Å²) in [4.78, 5) is 15.1. The molecule has 1 aliphatic rings. The zero-order valence-electron chi connectivity index (χ0n) is 20.4. The average Bonchev–Trinajstić information content (AvgIpc) is 3.14. The number of amides is 1. The van der Waals surface area contributed by atoms with E-state index in [4.69, 9.17) is 23.2 Å². The van der Waals surface area contributed by atoms with E-state index in [0.717, 1.165) is 33.3 Å². The van der Waals surface area contributed by atoms with E-state index in [1.165, 1.54) is 0 Å². The van der Waals surface area contributed by atoms with Crippen molar-refractivity contribution >= 4 is 40.0 Å². The minimum absolute atomic E-state index is 0.123. The van der Waals surface area contributed by atoms with E-state index in [1.54, 1.807) is 0 Å². The van der Waals surface area contributed by atoms with Gasteiger partial charge in [-0.05, 0) is 66.3 Å². The third-order valence-corrected chi connectivity index (χ3v) is 7.88. The van der Waals surface area contributed by atoms with Crippen LogP contribution in [0.5, 0.6) is 0 Å². The lowest BCUT2D eigenvalue weighted by Crippen LogP contribution is -2.47. The monoisotopic (exact) mass is 520 g/mol. The molecule has 1 fully saturated rings. The van der Waals surface area contributed by atoms with Crippen LogP contribution in [0.1, 0.15) is 30.4 Å². The van der Waals surface area contributed by atoms with Gasteiger partial charge in [-0.25, -0.2) is 0 Å². The zero-order valence-corrected chi connectivity index (χ0v) is 21.9. The molecule has 1 aromatic heterocycles. The largest absolute Gasteiger partial charge is 0.389 e. The Hall–Kier alpha value is -2.79. The number of fused-ring (bicyclic) bond motifs is 1. The quantitative estimate of drug-likeness (QED) is 0.308. The number of hydrogen-bond donors (Lipinski definition) is 1. The minimum Gasteiger partial charge on any atom is -0.389 e. The third kappa shape index (κ3) is 5.17. The van der Waals surface area contributed by atoms with Crippen LogP contribution in [-0.4, -0.2) is 39.2 Å². The summed E-state index contributed by atoms with van der Waals surface area (Å²) in [6, 6.07) is 23.8. The van der Waals surface area contributed by atoms with Gasteiger partial charge in [0.15, 0.2) is 0 Å². The predicted octanol–water partition coefficient (Wildman–Crippen LogP) is 6.68. The fraction of sp³-hybridized carbons (Fsp3) is 0.300. The Morgan fingerprint density at radius 3 is 2.31 bits per heavy atom. The molecule has 0 bridgehead atoms. The van der Waals surface area contributed by atoms with Crippen LogP contribution in [0.25, 0.3) is 22.2 Å². The van der Waals surface area contributed by atoms with Crippen molar-refractivity contribution in [3.05, 3.63) is 94.0 Å². The molecule has 1 aliphatic heterocycles. The molecule has 0 unspecified atom stereocenters. The molecule has 1 amide bonds. The van der Waals surface area contributed by atoms with Crippen molar-refractivity contribution in [3.63, 3.8) is 0 Å². The Labute approximate surface area is 222 Å². The van der Waals surface area contributed by atoms with Crippen LogP contribution in [0.15, 0.2) is 72.8 Å². The smallest absolute Gasteiger partial charge is 0.222 e. The Kier molecular flexibility index (Phi) is 7.11. The molecule has 3 aromatic carbocycles. The van der Waals surface area contributed by atoms with Crippen LogP contribution >= 0.6 is 23.2 Å². The second-order valence-electron chi connectivity index (χ2n) is 9.82. The summed E-state index contributed by atoms with van der Waals surface area (Å²) in [5.41, 5.74) is 4.70. The van der Waals surface area contributed by atoms with Crippen molar-refractivity contribution in [2.75, 3.05) is 13.1 Å². The Morgan fingerprint density at radius 2 is 1.61 bits per heavy atom. The number of likely N-dealkylation sites (tertiary alicyclic amines) is 1. The van der Waals surface area contributed by atoms with Crippen LogP contribution in [0.3, 0.4) is 0 Å². The number of nitrogens with zero attached hydrogens (tertiary/aromatic N) is 2. The number of piperidine rings is 1. The topological polar surface area (TPSA) is 45.5 Å². The van der Waals surface area contributed by atoms with Gasteiger partial charge in [0.05, 0.1) is 11.3 Å². The van der Waals surface area contributed by atoms with Gasteiger partial charge in [0.2, 0.25) is 5.91 Å². The maximum absolute atomic E-state index is 13.2. The van der Waals surface area contributed by atoms with E-state index in [0.29, 0.717) is 55.2 Å². The minimum atomic E-state index is -0.758. The first-order chi connectivity index (χ1) is 17.3. The van der Waals surface area contributed by atoms with Gasteiger partial charge < -0.3 is 14.6 Å².